The molecule has 1 atom stereocenters. The number of halogens is 2. The van der Waals surface area contributed by atoms with Crippen LogP contribution in [-0.4, -0.2) is 20.8 Å². The van der Waals surface area contributed by atoms with Crippen LogP contribution in [-0.2, 0) is 5.54 Å². The number of nitrogens with zero attached hydrogens (tertiary/aromatic N) is 2. The molecule has 1 unspecified atom stereocenters. The van der Waals surface area contributed by atoms with Gasteiger partial charge in [0.1, 0.15) is 0 Å². The molecule has 2 aliphatic rings. The number of pyridine rings is 1. The molecule has 146 valence electrons. The van der Waals surface area contributed by atoms with Crippen LogP contribution in [0.1, 0.15) is 50.0 Å². The van der Waals surface area contributed by atoms with Gasteiger partial charge in [-0.2, -0.15) is 0 Å². The Morgan fingerprint density at radius 3 is 2.61 bits per heavy atom. The molecule has 0 saturated heterocycles. The van der Waals surface area contributed by atoms with Crippen molar-refractivity contribution in [1.82, 2.24) is 4.98 Å². The summed E-state index contributed by atoms with van der Waals surface area (Å²) in [4.78, 5) is 9.03. The molecule has 4 rings (SSSR count). The van der Waals surface area contributed by atoms with E-state index < -0.39 is 16.2 Å². The molecule has 7 heteroatoms. The second-order valence-corrected chi connectivity index (χ2v) is 9.75. The predicted molar refractivity (Wildman–Crippen MR) is 113 cm³/mol. The van der Waals surface area contributed by atoms with E-state index in [9.17, 15) is 0 Å². The van der Waals surface area contributed by atoms with Gasteiger partial charge in [0, 0.05) is 28.4 Å². The normalized spacial score (nSPS) is 25.2. The van der Waals surface area contributed by atoms with E-state index >= 15 is 8.78 Å². The summed E-state index contributed by atoms with van der Waals surface area (Å²) < 4.78 is 30.5. The molecular weight excluding hydrogens is 396 g/mol. The highest BCUT2D eigenvalue weighted by atomic mass is 32.2. The number of nitrogens with two attached hydrogens (primary N) is 1. The minimum absolute atomic E-state index is 0.257. The number of rotatable bonds is 2. The van der Waals surface area contributed by atoms with Crippen LogP contribution in [0, 0.1) is 11.8 Å². The Morgan fingerprint density at radius 1 is 1.14 bits per heavy atom. The average Bonchev–Trinajstić information content (AvgIpc) is 3.31. The highest BCUT2D eigenvalue weighted by Crippen LogP contribution is 2.62. The summed E-state index contributed by atoms with van der Waals surface area (Å²) in [6.45, 7) is 3.28. The monoisotopic (exact) mass is 417 g/mol. The van der Waals surface area contributed by atoms with E-state index in [2.05, 4.69) is 21.8 Å². The number of hydrogen-bond donors (Lipinski definition) is 1. The summed E-state index contributed by atoms with van der Waals surface area (Å²) in [6, 6.07) is 3.72. The van der Waals surface area contributed by atoms with E-state index in [1.165, 1.54) is 18.3 Å². The molecule has 1 aliphatic carbocycles. The zero-order chi connectivity index (χ0) is 20.0. The Bertz CT molecular complexity index is 996. The Balaban J connectivity index is 1.77. The summed E-state index contributed by atoms with van der Waals surface area (Å²) in [7, 11) is 0. The third kappa shape index (κ3) is 2.85. The largest absolute Gasteiger partial charge is 0.378 e. The van der Waals surface area contributed by atoms with Crippen LogP contribution in [0.2, 0.25) is 0 Å². The third-order valence-electron chi connectivity index (χ3n) is 5.65. The van der Waals surface area contributed by atoms with Gasteiger partial charge in [0.05, 0.1) is 4.75 Å². The molecule has 2 N–H and O–H groups in total. The molecule has 1 saturated carbocycles. The van der Waals surface area contributed by atoms with Crippen molar-refractivity contribution in [2.24, 2.45) is 10.7 Å². The van der Waals surface area contributed by atoms with Gasteiger partial charge in [-0.25, -0.2) is 13.8 Å². The van der Waals surface area contributed by atoms with E-state index in [-0.39, 0.29) is 5.17 Å². The maximum Gasteiger partial charge on any atom is 0.292 e. The predicted octanol–water partition coefficient (Wildman–Crippen LogP) is 5.41. The molecule has 1 spiro atoms. The number of aliphatic imine (C=N–C) groups is 1. The van der Waals surface area contributed by atoms with Gasteiger partial charge in [-0.05, 0) is 49.8 Å². The first-order valence-electron chi connectivity index (χ1n) is 9.21. The molecule has 3 heterocycles. The lowest BCUT2D eigenvalue weighted by Gasteiger charge is -2.48. The standard InChI is InChI=1S/C21H21F2N3S2/c1-3-6-14-9-15(12-25-11-14)16-10-17(27-13-16)19(2)21(22,23)20(7-4-5-8-20)28-18(24)26-19/h9-13H,4-5,7-8H2,1-2H3,(H2,24,26). The van der Waals surface area contributed by atoms with Gasteiger partial charge < -0.3 is 5.73 Å². The van der Waals surface area contributed by atoms with E-state index in [1.807, 2.05) is 11.4 Å². The number of thioether (sulfide) groups is 1. The van der Waals surface area contributed by atoms with Gasteiger partial charge in [-0.15, -0.1) is 17.3 Å². The van der Waals surface area contributed by atoms with Crippen LogP contribution in [0.5, 0.6) is 0 Å². The first kappa shape index (κ1) is 19.4. The number of alkyl halides is 2. The van der Waals surface area contributed by atoms with Gasteiger partial charge in [0.15, 0.2) is 10.7 Å². The van der Waals surface area contributed by atoms with E-state index in [0.29, 0.717) is 17.7 Å². The van der Waals surface area contributed by atoms with Crippen molar-refractivity contribution in [3.05, 3.63) is 40.3 Å². The summed E-state index contributed by atoms with van der Waals surface area (Å²) in [5, 5.41) is 2.14. The maximum atomic E-state index is 15.8. The van der Waals surface area contributed by atoms with Crippen molar-refractivity contribution in [3.63, 3.8) is 0 Å². The molecule has 1 fully saturated rings. The van der Waals surface area contributed by atoms with E-state index in [0.717, 1.165) is 41.3 Å². The fraction of sp³-hybridized carbons (Fsp3) is 0.429. The number of amidine groups is 1. The van der Waals surface area contributed by atoms with E-state index in [4.69, 9.17) is 5.73 Å². The molecular formula is C21H21F2N3S2. The van der Waals surface area contributed by atoms with Crippen molar-refractivity contribution in [1.29, 1.82) is 0 Å². The van der Waals surface area contributed by atoms with Crippen LogP contribution < -0.4 is 5.73 Å². The highest BCUT2D eigenvalue weighted by Gasteiger charge is 2.68. The Kier molecular flexibility index (Phi) is 4.75. The summed E-state index contributed by atoms with van der Waals surface area (Å²) in [5.74, 6) is 2.84. The summed E-state index contributed by atoms with van der Waals surface area (Å²) in [5.41, 5.74) is 6.89. The topological polar surface area (TPSA) is 51.3 Å². The number of hydrogen-bond acceptors (Lipinski definition) is 5. The van der Waals surface area contributed by atoms with Crippen LogP contribution in [0.4, 0.5) is 8.78 Å². The van der Waals surface area contributed by atoms with Gasteiger partial charge in [0.2, 0.25) is 0 Å². The second-order valence-electron chi connectivity index (χ2n) is 7.44. The van der Waals surface area contributed by atoms with Crippen molar-refractivity contribution < 1.29 is 8.78 Å². The van der Waals surface area contributed by atoms with Gasteiger partial charge in [-0.1, -0.05) is 30.5 Å². The average molecular weight is 418 g/mol. The summed E-state index contributed by atoms with van der Waals surface area (Å²) >= 11 is 2.37. The Morgan fingerprint density at radius 2 is 1.89 bits per heavy atom. The van der Waals surface area contributed by atoms with Crippen LogP contribution in [0.3, 0.4) is 0 Å². The van der Waals surface area contributed by atoms with Gasteiger partial charge in [-0.3, -0.25) is 4.98 Å². The van der Waals surface area contributed by atoms with Crippen LogP contribution >= 0.6 is 23.1 Å². The molecule has 28 heavy (non-hydrogen) atoms. The Labute approximate surface area is 171 Å². The lowest BCUT2D eigenvalue weighted by Crippen LogP contribution is -2.59. The minimum Gasteiger partial charge on any atom is -0.378 e. The van der Waals surface area contributed by atoms with Crippen LogP contribution in [0.25, 0.3) is 11.1 Å². The zero-order valence-electron chi connectivity index (χ0n) is 15.8. The number of thiophene rings is 1. The zero-order valence-corrected chi connectivity index (χ0v) is 17.4. The molecule has 3 nitrogen and oxygen atoms in total. The van der Waals surface area contributed by atoms with Gasteiger partial charge in [0.25, 0.3) is 5.92 Å². The Hall–Kier alpha value is -1.91. The quantitative estimate of drug-likeness (QED) is 0.665. The van der Waals surface area contributed by atoms with Crippen molar-refractivity contribution in [2.75, 3.05) is 0 Å². The molecule has 1 aliphatic heterocycles. The third-order valence-corrected chi connectivity index (χ3v) is 8.15. The van der Waals surface area contributed by atoms with Crippen molar-refractivity contribution >= 4 is 28.3 Å². The highest BCUT2D eigenvalue weighted by molar-refractivity contribution is 8.15. The van der Waals surface area contributed by atoms with E-state index in [1.54, 1.807) is 25.4 Å². The lowest BCUT2D eigenvalue weighted by atomic mass is 9.81. The van der Waals surface area contributed by atoms with Crippen LogP contribution in [0.15, 0.2) is 34.9 Å². The number of aromatic nitrogens is 1. The fourth-order valence-electron chi connectivity index (χ4n) is 4.15. The van der Waals surface area contributed by atoms with Gasteiger partial charge >= 0.3 is 0 Å². The molecule has 0 aromatic carbocycles. The minimum atomic E-state index is -2.99. The molecule has 2 aromatic rings. The first-order valence-corrected chi connectivity index (χ1v) is 10.9. The fourth-order valence-corrected chi connectivity index (χ4v) is 6.65. The molecule has 0 amide bonds. The van der Waals surface area contributed by atoms with Crippen molar-refractivity contribution in [2.45, 2.75) is 55.7 Å². The van der Waals surface area contributed by atoms with Crippen molar-refractivity contribution in [3.8, 4) is 23.0 Å². The second kappa shape index (κ2) is 6.85. The lowest BCUT2D eigenvalue weighted by molar-refractivity contribution is -0.101. The SMILES string of the molecule is CC#Cc1cncc(-c2csc(C3(C)N=C(N)SC4(CCCC4)C3(F)F)c2)c1. The first-order chi connectivity index (χ1) is 13.3. The maximum absolute atomic E-state index is 15.8. The molecule has 0 bridgehead atoms. The molecule has 0 radical (unpaired) electrons. The molecule has 2 aromatic heterocycles. The smallest absolute Gasteiger partial charge is 0.292 e. The summed E-state index contributed by atoms with van der Waals surface area (Å²) in [6.07, 6.45) is 5.96.